The molecule has 1 unspecified atom stereocenters. The van der Waals surface area contributed by atoms with Gasteiger partial charge in [0.25, 0.3) is 0 Å². The van der Waals surface area contributed by atoms with E-state index in [4.69, 9.17) is 4.74 Å². The second kappa shape index (κ2) is 3.96. The minimum Gasteiger partial charge on any atom is -0.508 e. The number of phenols is 2. The van der Waals surface area contributed by atoms with E-state index in [9.17, 15) is 19.8 Å². The van der Waals surface area contributed by atoms with E-state index in [1.54, 1.807) is 6.92 Å². The van der Waals surface area contributed by atoms with Crippen LogP contribution < -0.4 is 0 Å². The first-order valence-corrected chi connectivity index (χ1v) is 6.10. The van der Waals surface area contributed by atoms with E-state index >= 15 is 0 Å². The summed E-state index contributed by atoms with van der Waals surface area (Å²) in [6.07, 6.45) is -0.132. The number of hydrogen-bond donors (Lipinski definition) is 2. The Labute approximate surface area is 114 Å². The number of rotatable bonds is 1. The molecule has 1 heterocycles. The zero-order valence-electron chi connectivity index (χ0n) is 10.8. The van der Waals surface area contributed by atoms with Crippen LogP contribution in [0.15, 0.2) is 35.6 Å². The number of aromatic hydroxyl groups is 2. The van der Waals surface area contributed by atoms with E-state index in [2.05, 4.69) is 6.58 Å². The van der Waals surface area contributed by atoms with Crippen molar-refractivity contribution in [3.8, 4) is 11.5 Å². The monoisotopic (exact) mass is 272 g/mol. The van der Waals surface area contributed by atoms with Crippen molar-refractivity contribution in [3.05, 3.63) is 46.7 Å². The number of phenolic OH excluding ortho intramolecular Hbond substituents is 2. The molecule has 1 atom stereocenters. The standard InChI is InChI=1S/C15H12O5/c1-6(2)11-5-9-13(18)12-8(14(19)15(9)20-11)3-7(16)4-10(12)17/h3-4,11,16-17H,1,5H2,2H3. The molecule has 2 N–H and O–H groups in total. The fraction of sp³-hybridized carbons (Fsp3) is 0.200. The summed E-state index contributed by atoms with van der Waals surface area (Å²) >= 11 is 0. The van der Waals surface area contributed by atoms with Crippen molar-refractivity contribution in [2.45, 2.75) is 19.4 Å². The highest BCUT2D eigenvalue weighted by Crippen LogP contribution is 2.41. The summed E-state index contributed by atoms with van der Waals surface area (Å²) in [7, 11) is 0. The zero-order chi connectivity index (χ0) is 14.6. The molecule has 0 spiro atoms. The Bertz CT molecular complexity index is 711. The Morgan fingerprint density at radius 2 is 2.00 bits per heavy atom. The normalized spacial score (nSPS) is 20.6. The van der Waals surface area contributed by atoms with E-state index in [1.807, 2.05) is 0 Å². The van der Waals surface area contributed by atoms with E-state index in [-0.39, 0.29) is 34.6 Å². The third kappa shape index (κ3) is 1.56. The molecule has 1 aliphatic heterocycles. The third-order valence-corrected chi connectivity index (χ3v) is 3.53. The van der Waals surface area contributed by atoms with Crippen LogP contribution in [0.25, 0.3) is 0 Å². The number of hydrogen-bond acceptors (Lipinski definition) is 5. The molecule has 1 aromatic rings. The van der Waals surface area contributed by atoms with Gasteiger partial charge < -0.3 is 14.9 Å². The summed E-state index contributed by atoms with van der Waals surface area (Å²) in [5.74, 6) is -1.61. The molecular weight excluding hydrogens is 260 g/mol. The van der Waals surface area contributed by atoms with Gasteiger partial charge >= 0.3 is 0 Å². The summed E-state index contributed by atoms with van der Waals surface area (Å²) in [5, 5.41) is 19.3. The highest BCUT2D eigenvalue weighted by Gasteiger charge is 2.41. The summed E-state index contributed by atoms with van der Waals surface area (Å²) in [4.78, 5) is 24.7. The van der Waals surface area contributed by atoms with Crippen LogP contribution in [-0.2, 0) is 4.74 Å². The smallest absolute Gasteiger partial charge is 0.229 e. The number of ketones is 2. The Balaban J connectivity index is 2.15. The second-order valence-corrected chi connectivity index (χ2v) is 5.01. The van der Waals surface area contributed by atoms with Gasteiger partial charge in [0, 0.05) is 18.1 Å². The van der Waals surface area contributed by atoms with Crippen molar-refractivity contribution in [3.63, 3.8) is 0 Å². The Kier molecular flexibility index (Phi) is 2.47. The Morgan fingerprint density at radius 3 is 2.65 bits per heavy atom. The first-order valence-electron chi connectivity index (χ1n) is 6.10. The summed E-state index contributed by atoms with van der Waals surface area (Å²) < 4.78 is 5.49. The zero-order valence-corrected chi connectivity index (χ0v) is 10.8. The predicted molar refractivity (Wildman–Crippen MR) is 69.8 cm³/mol. The minimum atomic E-state index is -0.496. The van der Waals surface area contributed by atoms with Crippen LogP contribution in [-0.4, -0.2) is 27.9 Å². The van der Waals surface area contributed by atoms with Crippen LogP contribution in [0.5, 0.6) is 11.5 Å². The van der Waals surface area contributed by atoms with Crippen LogP contribution in [0.2, 0.25) is 0 Å². The molecule has 0 aromatic heterocycles. The molecule has 2 aliphatic rings. The van der Waals surface area contributed by atoms with Crippen LogP contribution in [0.3, 0.4) is 0 Å². The quantitative estimate of drug-likeness (QED) is 0.765. The second-order valence-electron chi connectivity index (χ2n) is 5.01. The molecule has 102 valence electrons. The molecule has 5 heteroatoms. The highest BCUT2D eigenvalue weighted by molar-refractivity contribution is 6.27. The van der Waals surface area contributed by atoms with Gasteiger partial charge in [-0.25, -0.2) is 0 Å². The lowest BCUT2D eigenvalue weighted by atomic mass is 9.86. The molecule has 0 amide bonds. The van der Waals surface area contributed by atoms with Crippen molar-refractivity contribution in [1.29, 1.82) is 0 Å². The molecule has 0 saturated carbocycles. The topological polar surface area (TPSA) is 83.8 Å². The minimum absolute atomic E-state index is 0.000463. The van der Waals surface area contributed by atoms with E-state index in [1.165, 1.54) is 0 Å². The largest absolute Gasteiger partial charge is 0.508 e. The van der Waals surface area contributed by atoms with E-state index in [0.717, 1.165) is 17.7 Å². The molecule has 0 radical (unpaired) electrons. The highest BCUT2D eigenvalue weighted by atomic mass is 16.5. The maximum absolute atomic E-state index is 12.4. The van der Waals surface area contributed by atoms with E-state index < -0.39 is 23.4 Å². The number of Topliss-reactive ketones (excluding diaryl/α,β-unsaturated/α-hetero) is 2. The van der Waals surface area contributed by atoms with E-state index in [0.29, 0.717) is 0 Å². The van der Waals surface area contributed by atoms with Gasteiger partial charge in [0.05, 0.1) is 11.1 Å². The number of benzene rings is 1. The number of carbonyl (C=O) groups excluding carboxylic acids is 2. The van der Waals surface area contributed by atoms with Gasteiger partial charge in [0.15, 0.2) is 11.5 Å². The summed E-state index contributed by atoms with van der Waals surface area (Å²) in [6, 6.07) is 2.21. The molecule has 20 heavy (non-hydrogen) atoms. The SMILES string of the molecule is C=C(C)C1CC2=C(O1)C(=O)c1cc(O)cc(O)c1C2=O. The first kappa shape index (κ1) is 12.5. The predicted octanol–water partition coefficient (Wildman–Crippen LogP) is 2.10. The number of fused-ring (bicyclic) bond motifs is 1. The van der Waals surface area contributed by atoms with Gasteiger partial charge in [-0.05, 0) is 18.6 Å². The van der Waals surface area contributed by atoms with Gasteiger partial charge in [-0.15, -0.1) is 0 Å². The lowest BCUT2D eigenvalue weighted by Crippen LogP contribution is -2.20. The number of allylic oxidation sites excluding steroid dienone is 1. The lowest BCUT2D eigenvalue weighted by molar-refractivity contribution is 0.0874. The average Bonchev–Trinajstić information content (AvgIpc) is 2.80. The Hall–Kier alpha value is -2.56. The van der Waals surface area contributed by atoms with Crippen molar-refractivity contribution in [2.75, 3.05) is 0 Å². The van der Waals surface area contributed by atoms with Crippen LogP contribution >= 0.6 is 0 Å². The molecule has 0 saturated heterocycles. The van der Waals surface area contributed by atoms with Crippen LogP contribution in [0.1, 0.15) is 34.1 Å². The van der Waals surface area contributed by atoms with Crippen molar-refractivity contribution in [2.24, 2.45) is 0 Å². The molecule has 1 aliphatic carbocycles. The molecule has 0 bridgehead atoms. The van der Waals surface area contributed by atoms with Crippen molar-refractivity contribution < 1.29 is 24.5 Å². The third-order valence-electron chi connectivity index (χ3n) is 3.53. The molecular formula is C15H12O5. The fourth-order valence-corrected chi connectivity index (χ4v) is 2.50. The molecule has 3 rings (SSSR count). The van der Waals surface area contributed by atoms with Gasteiger partial charge in [0.1, 0.15) is 17.6 Å². The van der Waals surface area contributed by atoms with Gasteiger partial charge in [-0.3, -0.25) is 9.59 Å². The summed E-state index contributed by atoms with van der Waals surface area (Å²) in [5.41, 5.74) is 0.874. The Morgan fingerprint density at radius 1 is 1.30 bits per heavy atom. The van der Waals surface area contributed by atoms with Crippen molar-refractivity contribution >= 4 is 11.6 Å². The summed E-state index contributed by atoms with van der Waals surface area (Å²) in [6.45, 7) is 5.52. The van der Waals surface area contributed by atoms with Gasteiger partial charge in [0.2, 0.25) is 5.78 Å². The lowest BCUT2D eigenvalue weighted by Gasteiger charge is -2.16. The maximum atomic E-state index is 12.4. The van der Waals surface area contributed by atoms with Crippen LogP contribution in [0, 0.1) is 0 Å². The van der Waals surface area contributed by atoms with Gasteiger partial charge in [-0.1, -0.05) is 6.58 Å². The number of ether oxygens (including phenoxy) is 1. The van der Waals surface area contributed by atoms with Gasteiger partial charge in [-0.2, -0.15) is 0 Å². The van der Waals surface area contributed by atoms with Crippen molar-refractivity contribution in [1.82, 2.24) is 0 Å². The average molecular weight is 272 g/mol. The fourth-order valence-electron chi connectivity index (χ4n) is 2.50. The number of carbonyl (C=O) groups is 2. The van der Waals surface area contributed by atoms with Crippen LogP contribution in [0.4, 0.5) is 0 Å². The molecule has 0 fully saturated rings. The maximum Gasteiger partial charge on any atom is 0.229 e. The first-order chi connectivity index (χ1) is 9.40. The molecule has 1 aromatic carbocycles. The molecule has 5 nitrogen and oxygen atoms in total.